The second-order valence-corrected chi connectivity index (χ2v) is 3.94. The molecular weight excluding hydrogens is 219 g/mol. The molecule has 1 heterocycles. The fraction of sp³-hybridized carbons (Fsp3) is 0.400. The van der Waals surface area contributed by atoms with E-state index in [1.54, 1.807) is 0 Å². The molecule has 1 atom stereocenters. The topological polar surface area (TPSA) is 44.3 Å². The Morgan fingerprint density at radius 2 is 2.20 bits per heavy atom. The van der Waals surface area contributed by atoms with E-state index in [-0.39, 0.29) is 16.8 Å². The Hall–Kier alpha value is -0.840. The van der Waals surface area contributed by atoms with Crippen molar-refractivity contribution in [2.45, 2.75) is 6.04 Å². The summed E-state index contributed by atoms with van der Waals surface area (Å²) in [5, 5.41) is 16.1. The molecule has 82 valence electrons. The van der Waals surface area contributed by atoms with Crippen molar-refractivity contribution >= 4 is 11.6 Å². The van der Waals surface area contributed by atoms with Crippen LogP contribution in [-0.4, -0.2) is 24.7 Å². The maximum atomic E-state index is 13.1. The minimum atomic E-state index is -0.430. The van der Waals surface area contributed by atoms with Crippen molar-refractivity contribution in [3.63, 3.8) is 0 Å². The molecule has 0 unspecified atom stereocenters. The summed E-state index contributed by atoms with van der Waals surface area (Å²) in [6, 6.07) is 2.33. The standard InChI is InChI=1S/C10H12ClFN2O/c11-8-4-6(12)3-7(10(8)15)9-5-13-1-2-14-9/h3-4,9,13-15H,1-2,5H2/t9-/m0/s1. The summed E-state index contributed by atoms with van der Waals surface area (Å²) >= 11 is 5.70. The first-order valence-electron chi connectivity index (χ1n) is 4.80. The van der Waals surface area contributed by atoms with E-state index in [9.17, 15) is 9.50 Å². The molecule has 0 aliphatic carbocycles. The third-order valence-corrected chi connectivity index (χ3v) is 2.76. The minimum absolute atomic E-state index is 0.0423. The molecule has 1 aliphatic heterocycles. The van der Waals surface area contributed by atoms with Crippen molar-refractivity contribution in [1.82, 2.24) is 10.6 Å². The van der Waals surface area contributed by atoms with Crippen molar-refractivity contribution in [2.75, 3.05) is 19.6 Å². The Labute approximate surface area is 92.2 Å². The number of phenolic OH excluding ortho intramolecular Hbond substituents is 1. The van der Waals surface area contributed by atoms with Crippen molar-refractivity contribution in [2.24, 2.45) is 0 Å². The van der Waals surface area contributed by atoms with Crippen LogP contribution >= 0.6 is 11.6 Å². The van der Waals surface area contributed by atoms with Gasteiger partial charge in [-0.3, -0.25) is 0 Å². The predicted octanol–water partition coefficient (Wildman–Crippen LogP) is 1.42. The molecule has 0 aromatic heterocycles. The summed E-state index contributed by atoms with van der Waals surface area (Å²) in [5.74, 6) is -0.473. The van der Waals surface area contributed by atoms with Gasteiger partial charge < -0.3 is 15.7 Å². The zero-order valence-electron chi connectivity index (χ0n) is 8.06. The van der Waals surface area contributed by atoms with Crippen molar-refractivity contribution in [3.05, 3.63) is 28.5 Å². The van der Waals surface area contributed by atoms with Crippen molar-refractivity contribution in [1.29, 1.82) is 0 Å². The van der Waals surface area contributed by atoms with Crippen LogP contribution in [0.15, 0.2) is 12.1 Å². The van der Waals surface area contributed by atoms with Crippen LogP contribution in [0, 0.1) is 5.82 Å². The normalized spacial score (nSPS) is 21.6. The SMILES string of the molecule is Oc1c(Cl)cc(F)cc1[C@@H]1CNCCN1. The number of benzene rings is 1. The van der Waals surface area contributed by atoms with Gasteiger partial charge in [-0.1, -0.05) is 11.6 Å². The Morgan fingerprint density at radius 3 is 2.87 bits per heavy atom. The average molecular weight is 231 g/mol. The molecule has 0 spiro atoms. The van der Waals surface area contributed by atoms with Crippen LogP contribution < -0.4 is 10.6 Å². The molecule has 1 aromatic rings. The minimum Gasteiger partial charge on any atom is -0.506 e. The molecule has 3 N–H and O–H groups in total. The van der Waals surface area contributed by atoms with Gasteiger partial charge in [-0.15, -0.1) is 0 Å². The van der Waals surface area contributed by atoms with Crippen LogP contribution in [0.25, 0.3) is 0 Å². The van der Waals surface area contributed by atoms with Gasteiger partial charge in [0, 0.05) is 31.2 Å². The first-order chi connectivity index (χ1) is 7.18. The van der Waals surface area contributed by atoms with Gasteiger partial charge in [0.2, 0.25) is 0 Å². The molecule has 3 nitrogen and oxygen atoms in total. The molecule has 1 saturated heterocycles. The molecule has 1 aliphatic rings. The van der Waals surface area contributed by atoms with Gasteiger partial charge in [0.15, 0.2) is 0 Å². The highest BCUT2D eigenvalue weighted by Crippen LogP contribution is 2.32. The number of aromatic hydroxyl groups is 1. The summed E-state index contributed by atoms with van der Waals surface area (Å²) in [5.41, 5.74) is 0.507. The van der Waals surface area contributed by atoms with E-state index in [1.165, 1.54) is 6.07 Å². The summed E-state index contributed by atoms with van der Waals surface area (Å²) in [6.45, 7) is 2.33. The van der Waals surface area contributed by atoms with Gasteiger partial charge in [0.25, 0.3) is 0 Å². The fourth-order valence-corrected chi connectivity index (χ4v) is 1.94. The summed E-state index contributed by atoms with van der Waals surface area (Å²) < 4.78 is 13.1. The zero-order valence-corrected chi connectivity index (χ0v) is 8.81. The average Bonchev–Trinajstić information content (AvgIpc) is 2.24. The maximum Gasteiger partial charge on any atom is 0.139 e. The van der Waals surface area contributed by atoms with Crippen LogP contribution in [0.1, 0.15) is 11.6 Å². The smallest absolute Gasteiger partial charge is 0.139 e. The quantitative estimate of drug-likeness (QED) is 0.684. The number of nitrogens with one attached hydrogen (secondary N) is 2. The van der Waals surface area contributed by atoms with Crippen LogP contribution in [0.3, 0.4) is 0 Å². The van der Waals surface area contributed by atoms with Crippen LogP contribution in [0.5, 0.6) is 5.75 Å². The van der Waals surface area contributed by atoms with E-state index in [0.29, 0.717) is 12.1 Å². The Bertz CT molecular complexity index is 367. The molecule has 2 rings (SSSR count). The second kappa shape index (κ2) is 4.35. The lowest BCUT2D eigenvalue weighted by molar-refractivity contribution is 0.402. The van der Waals surface area contributed by atoms with Gasteiger partial charge in [0.05, 0.1) is 5.02 Å². The van der Waals surface area contributed by atoms with E-state index >= 15 is 0 Å². The lowest BCUT2D eigenvalue weighted by Gasteiger charge is -2.25. The summed E-state index contributed by atoms with van der Waals surface area (Å²) in [4.78, 5) is 0. The molecule has 1 aromatic carbocycles. The van der Waals surface area contributed by atoms with E-state index in [2.05, 4.69) is 10.6 Å². The number of piperazine rings is 1. The first kappa shape index (κ1) is 10.7. The third kappa shape index (κ3) is 2.22. The van der Waals surface area contributed by atoms with Crippen LogP contribution in [0.4, 0.5) is 4.39 Å². The Morgan fingerprint density at radius 1 is 1.40 bits per heavy atom. The monoisotopic (exact) mass is 230 g/mol. The highest BCUT2D eigenvalue weighted by molar-refractivity contribution is 6.32. The van der Waals surface area contributed by atoms with Crippen molar-refractivity contribution in [3.8, 4) is 5.75 Å². The molecule has 1 fully saturated rings. The largest absolute Gasteiger partial charge is 0.506 e. The van der Waals surface area contributed by atoms with Crippen LogP contribution in [0.2, 0.25) is 5.02 Å². The fourth-order valence-electron chi connectivity index (χ4n) is 1.72. The van der Waals surface area contributed by atoms with E-state index < -0.39 is 5.82 Å². The first-order valence-corrected chi connectivity index (χ1v) is 5.18. The second-order valence-electron chi connectivity index (χ2n) is 3.54. The lowest BCUT2D eigenvalue weighted by atomic mass is 10.0. The Kier molecular flexibility index (Phi) is 3.09. The summed E-state index contributed by atoms with van der Waals surface area (Å²) in [7, 11) is 0. The van der Waals surface area contributed by atoms with Gasteiger partial charge in [-0.25, -0.2) is 4.39 Å². The summed E-state index contributed by atoms with van der Waals surface area (Å²) in [6.07, 6.45) is 0. The lowest BCUT2D eigenvalue weighted by Crippen LogP contribution is -2.42. The highest BCUT2D eigenvalue weighted by Gasteiger charge is 2.20. The van der Waals surface area contributed by atoms with E-state index in [0.717, 1.165) is 19.2 Å². The number of hydrogen-bond donors (Lipinski definition) is 3. The van der Waals surface area contributed by atoms with Gasteiger partial charge in [0.1, 0.15) is 11.6 Å². The van der Waals surface area contributed by atoms with Crippen LogP contribution in [-0.2, 0) is 0 Å². The maximum absolute atomic E-state index is 13.1. The van der Waals surface area contributed by atoms with Crippen molar-refractivity contribution < 1.29 is 9.50 Å². The number of phenols is 1. The molecule has 0 amide bonds. The van der Waals surface area contributed by atoms with Gasteiger partial charge in [-0.2, -0.15) is 0 Å². The molecule has 0 radical (unpaired) electrons. The Balaban J connectivity index is 2.33. The molecule has 15 heavy (non-hydrogen) atoms. The molecule has 0 bridgehead atoms. The molecule has 5 heteroatoms. The zero-order chi connectivity index (χ0) is 10.8. The molecule has 0 saturated carbocycles. The number of hydrogen-bond acceptors (Lipinski definition) is 3. The van der Waals surface area contributed by atoms with Gasteiger partial charge >= 0.3 is 0 Å². The van der Waals surface area contributed by atoms with E-state index in [1.807, 2.05) is 0 Å². The van der Waals surface area contributed by atoms with E-state index in [4.69, 9.17) is 11.6 Å². The third-order valence-electron chi connectivity index (χ3n) is 2.47. The highest BCUT2D eigenvalue weighted by atomic mass is 35.5. The number of rotatable bonds is 1. The van der Waals surface area contributed by atoms with Gasteiger partial charge in [-0.05, 0) is 12.1 Å². The predicted molar refractivity (Wildman–Crippen MR) is 56.7 cm³/mol. The number of halogens is 2. The molecular formula is C10H12ClFN2O.